The predicted octanol–water partition coefficient (Wildman–Crippen LogP) is 4.47. The molecule has 0 atom stereocenters. The molecule has 1 fully saturated rings. The molecular formula is C23H29FN2O. The summed E-state index contributed by atoms with van der Waals surface area (Å²) in [6, 6.07) is 14.7. The highest BCUT2D eigenvalue weighted by Crippen LogP contribution is 2.22. The number of halogens is 1. The van der Waals surface area contributed by atoms with Gasteiger partial charge in [0.05, 0.1) is 0 Å². The lowest BCUT2D eigenvalue weighted by Crippen LogP contribution is -2.35. The van der Waals surface area contributed by atoms with Crippen molar-refractivity contribution in [3.63, 3.8) is 0 Å². The van der Waals surface area contributed by atoms with Crippen molar-refractivity contribution in [3.8, 4) is 0 Å². The smallest absolute Gasteiger partial charge is 0.253 e. The average Bonchev–Trinajstić information content (AvgIpc) is 2.88. The van der Waals surface area contributed by atoms with E-state index < -0.39 is 0 Å². The van der Waals surface area contributed by atoms with Crippen LogP contribution in [-0.2, 0) is 12.0 Å². The van der Waals surface area contributed by atoms with Gasteiger partial charge in [0.2, 0.25) is 0 Å². The molecule has 0 radical (unpaired) electrons. The van der Waals surface area contributed by atoms with E-state index in [0.717, 1.165) is 50.3 Å². The number of carbonyl (C=O) groups excluding carboxylic acids is 1. The first-order valence-electron chi connectivity index (χ1n) is 9.69. The van der Waals surface area contributed by atoms with Gasteiger partial charge in [-0.15, -0.1) is 0 Å². The topological polar surface area (TPSA) is 23.6 Å². The molecular weight excluding hydrogens is 339 g/mol. The molecule has 0 aromatic heterocycles. The van der Waals surface area contributed by atoms with Gasteiger partial charge >= 0.3 is 0 Å². The predicted molar refractivity (Wildman–Crippen MR) is 107 cm³/mol. The highest BCUT2D eigenvalue weighted by Gasteiger charge is 2.21. The number of nitrogens with zero attached hydrogens (tertiary/aromatic N) is 2. The Morgan fingerprint density at radius 1 is 0.926 bits per heavy atom. The van der Waals surface area contributed by atoms with Gasteiger partial charge in [0, 0.05) is 38.3 Å². The van der Waals surface area contributed by atoms with Crippen LogP contribution >= 0.6 is 0 Å². The van der Waals surface area contributed by atoms with Gasteiger partial charge < -0.3 is 4.90 Å². The maximum Gasteiger partial charge on any atom is 0.253 e. The highest BCUT2D eigenvalue weighted by atomic mass is 19.1. The largest absolute Gasteiger partial charge is 0.337 e. The van der Waals surface area contributed by atoms with Crippen molar-refractivity contribution >= 4 is 5.91 Å². The van der Waals surface area contributed by atoms with E-state index in [1.54, 1.807) is 0 Å². The minimum Gasteiger partial charge on any atom is -0.337 e. The molecule has 0 spiro atoms. The molecule has 0 aliphatic carbocycles. The van der Waals surface area contributed by atoms with Crippen LogP contribution in [0.1, 0.15) is 48.7 Å². The number of carbonyl (C=O) groups is 1. The van der Waals surface area contributed by atoms with Gasteiger partial charge in [0.25, 0.3) is 5.91 Å². The summed E-state index contributed by atoms with van der Waals surface area (Å²) in [4.78, 5) is 17.2. The average molecular weight is 368 g/mol. The fourth-order valence-corrected chi connectivity index (χ4v) is 3.48. The van der Waals surface area contributed by atoms with Crippen molar-refractivity contribution in [2.75, 3.05) is 26.2 Å². The molecule has 4 heteroatoms. The third kappa shape index (κ3) is 5.16. The molecule has 144 valence electrons. The Balaban J connectivity index is 1.60. The lowest BCUT2D eigenvalue weighted by molar-refractivity contribution is 0.0761. The summed E-state index contributed by atoms with van der Waals surface area (Å²) >= 11 is 0. The van der Waals surface area contributed by atoms with Gasteiger partial charge in [0.1, 0.15) is 5.82 Å². The van der Waals surface area contributed by atoms with Crippen LogP contribution in [0.4, 0.5) is 4.39 Å². The van der Waals surface area contributed by atoms with Crippen molar-refractivity contribution in [1.82, 2.24) is 9.80 Å². The molecule has 1 aliphatic rings. The molecule has 0 N–H and O–H groups in total. The normalized spacial score (nSPS) is 16.2. The van der Waals surface area contributed by atoms with E-state index in [9.17, 15) is 9.18 Å². The molecule has 3 rings (SSSR count). The number of hydrogen-bond donors (Lipinski definition) is 0. The zero-order chi connectivity index (χ0) is 19.4. The van der Waals surface area contributed by atoms with Crippen molar-refractivity contribution < 1.29 is 9.18 Å². The van der Waals surface area contributed by atoms with Crippen molar-refractivity contribution in [3.05, 3.63) is 71.0 Å². The number of rotatable bonds is 3. The van der Waals surface area contributed by atoms with Crippen LogP contribution in [0, 0.1) is 5.82 Å². The van der Waals surface area contributed by atoms with Crippen LogP contribution in [-0.4, -0.2) is 41.9 Å². The van der Waals surface area contributed by atoms with Crippen LogP contribution < -0.4 is 0 Å². The summed E-state index contributed by atoms with van der Waals surface area (Å²) in [7, 11) is 0. The summed E-state index contributed by atoms with van der Waals surface area (Å²) in [6.45, 7) is 10.6. The van der Waals surface area contributed by atoms with Crippen LogP contribution in [0.2, 0.25) is 0 Å². The molecule has 0 bridgehead atoms. The molecule has 27 heavy (non-hydrogen) atoms. The summed E-state index contributed by atoms with van der Waals surface area (Å²) in [6.07, 6.45) is 0.951. The maximum atomic E-state index is 13.1. The van der Waals surface area contributed by atoms with Crippen LogP contribution in [0.3, 0.4) is 0 Å². The molecule has 1 aliphatic heterocycles. The molecule has 2 aromatic carbocycles. The fourth-order valence-electron chi connectivity index (χ4n) is 3.48. The molecule has 1 heterocycles. The second-order valence-corrected chi connectivity index (χ2v) is 8.38. The highest BCUT2D eigenvalue weighted by molar-refractivity contribution is 5.94. The third-order valence-corrected chi connectivity index (χ3v) is 5.19. The number of benzene rings is 2. The van der Waals surface area contributed by atoms with Gasteiger partial charge in [0.15, 0.2) is 0 Å². The van der Waals surface area contributed by atoms with Crippen LogP contribution in [0.5, 0.6) is 0 Å². The minimum atomic E-state index is -0.205. The van der Waals surface area contributed by atoms with E-state index >= 15 is 0 Å². The first kappa shape index (κ1) is 19.6. The van der Waals surface area contributed by atoms with Crippen LogP contribution in [0.25, 0.3) is 0 Å². The van der Waals surface area contributed by atoms with Gasteiger partial charge in [-0.05, 0) is 47.2 Å². The lowest BCUT2D eigenvalue weighted by atomic mass is 9.86. The van der Waals surface area contributed by atoms with E-state index in [-0.39, 0.29) is 17.1 Å². The van der Waals surface area contributed by atoms with Gasteiger partial charge in [-0.3, -0.25) is 9.69 Å². The van der Waals surface area contributed by atoms with E-state index in [0.29, 0.717) is 0 Å². The molecule has 0 unspecified atom stereocenters. The van der Waals surface area contributed by atoms with Crippen molar-refractivity contribution in [2.45, 2.75) is 39.2 Å². The van der Waals surface area contributed by atoms with Crippen molar-refractivity contribution in [1.29, 1.82) is 0 Å². The Kier molecular flexibility index (Phi) is 5.95. The van der Waals surface area contributed by atoms with E-state index in [4.69, 9.17) is 0 Å². The van der Waals surface area contributed by atoms with E-state index in [1.165, 1.54) is 17.7 Å². The number of amides is 1. The second-order valence-electron chi connectivity index (χ2n) is 8.38. The summed E-state index contributed by atoms with van der Waals surface area (Å²) < 4.78 is 13.1. The summed E-state index contributed by atoms with van der Waals surface area (Å²) in [5.74, 6) is -0.0945. The molecule has 1 amide bonds. The SMILES string of the molecule is CC(C)(C)c1ccc(C(=O)N2CCCN(Cc3ccc(F)cc3)CC2)cc1. The van der Waals surface area contributed by atoms with E-state index in [1.807, 2.05) is 29.2 Å². The first-order chi connectivity index (χ1) is 12.8. The fraction of sp³-hybridized carbons (Fsp3) is 0.435. The molecule has 1 saturated heterocycles. The second kappa shape index (κ2) is 8.22. The molecule has 0 saturated carbocycles. The maximum absolute atomic E-state index is 13.1. The minimum absolute atomic E-state index is 0.0883. The van der Waals surface area contributed by atoms with Crippen molar-refractivity contribution in [2.24, 2.45) is 0 Å². The Morgan fingerprint density at radius 3 is 2.22 bits per heavy atom. The Morgan fingerprint density at radius 2 is 1.59 bits per heavy atom. The third-order valence-electron chi connectivity index (χ3n) is 5.19. The summed E-state index contributed by atoms with van der Waals surface area (Å²) in [5.41, 5.74) is 3.19. The van der Waals surface area contributed by atoms with E-state index in [2.05, 4.69) is 37.8 Å². The lowest BCUT2D eigenvalue weighted by Gasteiger charge is -2.23. The Labute approximate surface area is 161 Å². The first-order valence-corrected chi connectivity index (χ1v) is 9.69. The Hall–Kier alpha value is -2.20. The molecule has 2 aromatic rings. The zero-order valence-corrected chi connectivity index (χ0v) is 16.5. The van der Waals surface area contributed by atoms with Gasteiger partial charge in [-0.1, -0.05) is 45.0 Å². The van der Waals surface area contributed by atoms with Gasteiger partial charge in [-0.2, -0.15) is 0 Å². The standard InChI is InChI=1S/C23H29FN2O/c1-23(2,3)20-9-7-19(8-10-20)22(27)26-14-4-13-25(15-16-26)17-18-5-11-21(24)12-6-18/h5-12H,4,13-17H2,1-3H3. The summed E-state index contributed by atoms with van der Waals surface area (Å²) in [5, 5.41) is 0. The molecule has 3 nitrogen and oxygen atoms in total. The quantitative estimate of drug-likeness (QED) is 0.798. The number of hydrogen-bond acceptors (Lipinski definition) is 2. The van der Waals surface area contributed by atoms with Gasteiger partial charge in [-0.25, -0.2) is 4.39 Å². The zero-order valence-electron chi connectivity index (χ0n) is 16.5. The Bertz CT molecular complexity index is 762. The van der Waals surface area contributed by atoms with Crippen LogP contribution in [0.15, 0.2) is 48.5 Å². The monoisotopic (exact) mass is 368 g/mol.